The third-order valence-corrected chi connectivity index (χ3v) is 7.12. The standard InChI is InChI=1S/C28H30Cl2N2O2S/c1-20(2)31-28(34)26(18-21-9-5-3-6-10-21)32(19-22-13-14-24(29)25(30)17-22)27(33)15-16-35-23-11-7-4-8-12-23/h3-14,17,20,26H,15-16,18-19H2,1-2H3,(H,31,34)/t26-/m1/s1. The Bertz CT molecular complexity index is 1110. The van der Waals surface area contributed by atoms with Crippen molar-refractivity contribution < 1.29 is 9.59 Å². The Morgan fingerprint density at radius 1 is 0.886 bits per heavy atom. The van der Waals surface area contributed by atoms with Gasteiger partial charge < -0.3 is 10.2 Å². The highest BCUT2D eigenvalue weighted by Gasteiger charge is 2.30. The van der Waals surface area contributed by atoms with Crippen molar-refractivity contribution in [2.75, 3.05) is 5.75 Å². The lowest BCUT2D eigenvalue weighted by molar-refractivity contribution is -0.141. The molecule has 3 rings (SSSR count). The number of thioether (sulfide) groups is 1. The molecule has 0 aliphatic rings. The molecule has 0 saturated carbocycles. The third kappa shape index (κ3) is 8.60. The second-order valence-corrected chi connectivity index (χ2v) is 10.5. The number of amides is 2. The number of nitrogens with zero attached hydrogens (tertiary/aromatic N) is 1. The number of hydrogen-bond donors (Lipinski definition) is 1. The molecule has 4 nitrogen and oxygen atoms in total. The number of hydrogen-bond acceptors (Lipinski definition) is 3. The summed E-state index contributed by atoms with van der Waals surface area (Å²) in [7, 11) is 0. The SMILES string of the molecule is CC(C)NC(=O)[C@@H](Cc1ccccc1)N(Cc1ccc(Cl)c(Cl)c1)C(=O)CCSc1ccccc1. The first kappa shape index (κ1) is 27.1. The molecule has 2 amide bonds. The highest BCUT2D eigenvalue weighted by atomic mass is 35.5. The van der Waals surface area contributed by atoms with E-state index in [9.17, 15) is 9.59 Å². The molecule has 184 valence electrons. The molecule has 0 bridgehead atoms. The summed E-state index contributed by atoms with van der Waals surface area (Å²) in [5.41, 5.74) is 1.81. The van der Waals surface area contributed by atoms with Gasteiger partial charge in [0.15, 0.2) is 0 Å². The summed E-state index contributed by atoms with van der Waals surface area (Å²) >= 11 is 14.0. The minimum Gasteiger partial charge on any atom is -0.352 e. The maximum atomic E-state index is 13.6. The Kier molecular flexibility index (Phi) is 10.5. The second kappa shape index (κ2) is 13.6. The van der Waals surface area contributed by atoms with E-state index in [2.05, 4.69) is 5.32 Å². The second-order valence-electron chi connectivity index (χ2n) is 8.55. The van der Waals surface area contributed by atoms with Crippen molar-refractivity contribution in [3.05, 3.63) is 100 Å². The largest absolute Gasteiger partial charge is 0.352 e. The smallest absolute Gasteiger partial charge is 0.243 e. The molecule has 0 unspecified atom stereocenters. The van der Waals surface area contributed by atoms with Crippen molar-refractivity contribution in [3.8, 4) is 0 Å². The van der Waals surface area contributed by atoms with Gasteiger partial charge in [0.05, 0.1) is 10.0 Å². The van der Waals surface area contributed by atoms with Crippen molar-refractivity contribution in [1.29, 1.82) is 0 Å². The number of nitrogens with one attached hydrogen (secondary N) is 1. The van der Waals surface area contributed by atoms with Gasteiger partial charge in [0.1, 0.15) is 6.04 Å². The van der Waals surface area contributed by atoms with E-state index in [0.29, 0.717) is 28.6 Å². The predicted octanol–water partition coefficient (Wildman–Crippen LogP) is 6.64. The Balaban J connectivity index is 1.87. The lowest BCUT2D eigenvalue weighted by Gasteiger charge is -2.32. The van der Waals surface area contributed by atoms with Crippen molar-refractivity contribution >= 4 is 46.8 Å². The Hall–Kier alpha value is -2.47. The van der Waals surface area contributed by atoms with Crippen LogP contribution in [0.4, 0.5) is 0 Å². The van der Waals surface area contributed by atoms with E-state index in [-0.39, 0.29) is 24.4 Å². The molecule has 0 saturated heterocycles. The molecule has 35 heavy (non-hydrogen) atoms. The van der Waals surface area contributed by atoms with E-state index in [1.165, 1.54) is 0 Å². The lowest BCUT2D eigenvalue weighted by atomic mass is 10.0. The highest BCUT2D eigenvalue weighted by molar-refractivity contribution is 7.99. The molecule has 7 heteroatoms. The van der Waals surface area contributed by atoms with Gasteiger partial charge in [-0.3, -0.25) is 9.59 Å². The van der Waals surface area contributed by atoms with Gasteiger partial charge in [-0.1, -0.05) is 77.8 Å². The highest BCUT2D eigenvalue weighted by Crippen LogP contribution is 2.25. The third-order valence-electron chi connectivity index (χ3n) is 5.37. The maximum Gasteiger partial charge on any atom is 0.243 e. The van der Waals surface area contributed by atoms with Crippen molar-refractivity contribution in [2.45, 2.75) is 50.2 Å². The minimum absolute atomic E-state index is 0.0451. The number of rotatable bonds is 11. The van der Waals surface area contributed by atoms with Crippen LogP contribution in [-0.2, 0) is 22.6 Å². The summed E-state index contributed by atoms with van der Waals surface area (Å²) < 4.78 is 0. The van der Waals surface area contributed by atoms with Crippen LogP contribution in [0.25, 0.3) is 0 Å². The predicted molar refractivity (Wildman–Crippen MR) is 146 cm³/mol. The molecule has 0 aliphatic carbocycles. The van der Waals surface area contributed by atoms with Crippen LogP contribution >= 0.6 is 35.0 Å². The summed E-state index contributed by atoms with van der Waals surface area (Å²) in [6, 6.07) is 24.3. The molecular weight excluding hydrogens is 499 g/mol. The van der Waals surface area contributed by atoms with Gasteiger partial charge in [0, 0.05) is 36.1 Å². The van der Waals surface area contributed by atoms with Crippen LogP contribution in [0.1, 0.15) is 31.4 Å². The van der Waals surface area contributed by atoms with Crippen LogP contribution in [-0.4, -0.2) is 34.6 Å². The molecule has 0 fully saturated rings. The normalized spacial score (nSPS) is 11.8. The molecule has 0 aliphatic heterocycles. The van der Waals surface area contributed by atoms with Crippen LogP contribution in [0, 0.1) is 0 Å². The molecule has 0 aromatic heterocycles. The first-order valence-corrected chi connectivity index (χ1v) is 13.3. The zero-order chi connectivity index (χ0) is 25.2. The molecule has 0 heterocycles. The average Bonchev–Trinajstić information content (AvgIpc) is 2.84. The number of carbonyl (C=O) groups excluding carboxylic acids is 2. The number of carbonyl (C=O) groups is 2. The van der Waals surface area contributed by atoms with Crippen LogP contribution in [0.2, 0.25) is 10.0 Å². The van der Waals surface area contributed by atoms with E-state index < -0.39 is 6.04 Å². The summed E-state index contributed by atoms with van der Waals surface area (Å²) in [6.07, 6.45) is 0.722. The number of benzene rings is 3. The quantitative estimate of drug-likeness (QED) is 0.283. The average molecular weight is 530 g/mol. The van der Waals surface area contributed by atoms with Gasteiger partial charge in [-0.15, -0.1) is 11.8 Å². The molecule has 3 aromatic rings. The van der Waals surface area contributed by atoms with Gasteiger partial charge in [-0.25, -0.2) is 0 Å². The van der Waals surface area contributed by atoms with Crippen molar-refractivity contribution in [1.82, 2.24) is 10.2 Å². The van der Waals surface area contributed by atoms with Crippen molar-refractivity contribution in [2.24, 2.45) is 0 Å². The fourth-order valence-corrected chi connectivity index (χ4v) is 4.87. The van der Waals surface area contributed by atoms with Gasteiger partial charge in [-0.05, 0) is 49.2 Å². The molecule has 0 spiro atoms. The van der Waals surface area contributed by atoms with Crippen molar-refractivity contribution in [3.63, 3.8) is 0 Å². The maximum absolute atomic E-state index is 13.6. The lowest BCUT2D eigenvalue weighted by Crippen LogP contribution is -2.51. The fourth-order valence-electron chi connectivity index (χ4n) is 3.69. The summed E-state index contributed by atoms with van der Waals surface area (Å²) in [5, 5.41) is 3.87. The molecular formula is C28H30Cl2N2O2S. The molecule has 1 atom stereocenters. The Morgan fingerprint density at radius 2 is 1.54 bits per heavy atom. The van der Waals surface area contributed by atoms with Gasteiger partial charge in [0.25, 0.3) is 0 Å². The zero-order valence-electron chi connectivity index (χ0n) is 19.9. The summed E-state index contributed by atoms with van der Waals surface area (Å²) in [4.78, 5) is 29.7. The van der Waals surface area contributed by atoms with Crippen LogP contribution < -0.4 is 5.32 Å². The summed E-state index contributed by atoms with van der Waals surface area (Å²) in [5.74, 6) is 0.359. The first-order valence-electron chi connectivity index (χ1n) is 11.6. The zero-order valence-corrected chi connectivity index (χ0v) is 22.2. The van der Waals surface area contributed by atoms with E-state index in [4.69, 9.17) is 23.2 Å². The van der Waals surface area contributed by atoms with E-state index in [1.54, 1.807) is 28.8 Å². The topological polar surface area (TPSA) is 49.4 Å². The Labute approximate surface area is 222 Å². The van der Waals surface area contributed by atoms with Crippen LogP contribution in [0.5, 0.6) is 0 Å². The Morgan fingerprint density at radius 3 is 2.17 bits per heavy atom. The van der Waals surface area contributed by atoms with Gasteiger partial charge >= 0.3 is 0 Å². The molecule has 1 N–H and O–H groups in total. The monoisotopic (exact) mass is 528 g/mol. The van der Waals surface area contributed by atoms with Crippen LogP contribution in [0.15, 0.2) is 83.8 Å². The molecule has 0 radical (unpaired) electrons. The van der Waals surface area contributed by atoms with Gasteiger partial charge in [-0.2, -0.15) is 0 Å². The first-order chi connectivity index (χ1) is 16.8. The summed E-state index contributed by atoms with van der Waals surface area (Å²) in [6.45, 7) is 4.09. The van der Waals surface area contributed by atoms with E-state index >= 15 is 0 Å². The number of halogens is 2. The van der Waals surface area contributed by atoms with E-state index in [0.717, 1.165) is 16.0 Å². The minimum atomic E-state index is -0.663. The van der Waals surface area contributed by atoms with Crippen LogP contribution in [0.3, 0.4) is 0 Å². The molecule has 3 aromatic carbocycles. The van der Waals surface area contributed by atoms with E-state index in [1.807, 2.05) is 80.6 Å². The van der Waals surface area contributed by atoms with Gasteiger partial charge in [0.2, 0.25) is 11.8 Å². The fraction of sp³-hybridized carbons (Fsp3) is 0.286.